The van der Waals surface area contributed by atoms with Crippen LogP contribution in [0.3, 0.4) is 0 Å². The highest BCUT2D eigenvalue weighted by molar-refractivity contribution is 6.15. The molecule has 0 radical (unpaired) electrons. The smallest absolute Gasteiger partial charge is 0.254 e. The Morgan fingerprint density at radius 1 is 1.12 bits per heavy atom. The summed E-state index contributed by atoms with van der Waals surface area (Å²) in [5.41, 5.74) is 4.84. The number of hydrogen-bond acceptors (Lipinski definition) is 5. The second-order valence-electron chi connectivity index (χ2n) is 9.52. The molecule has 2 aromatic carbocycles. The van der Waals surface area contributed by atoms with Crippen molar-refractivity contribution in [3.63, 3.8) is 0 Å². The van der Waals surface area contributed by atoms with Crippen molar-refractivity contribution >= 4 is 11.6 Å². The summed E-state index contributed by atoms with van der Waals surface area (Å²) in [6.45, 7) is 12.1. The van der Waals surface area contributed by atoms with E-state index in [1.807, 2.05) is 69.9 Å². The number of fused-ring (bicyclic) bond motifs is 3. The van der Waals surface area contributed by atoms with Gasteiger partial charge in [0, 0.05) is 41.3 Å². The minimum atomic E-state index is 0.0510. The van der Waals surface area contributed by atoms with Gasteiger partial charge < -0.3 is 19.1 Å². The van der Waals surface area contributed by atoms with Crippen molar-refractivity contribution in [3.8, 4) is 11.5 Å². The number of rotatable bonds is 7. The molecule has 0 N–H and O–H groups in total. The average molecular weight is 465 g/mol. The molecule has 2 aliphatic heterocycles. The molecule has 2 aliphatic rings. The van der Waals surface area contributed by atoms with Gasteiger partial charge in [-0.15, -0.1) is 0 Å². The Morgan fingerprint density at radius 2 is 1.82 bits per heavy atom. The Labute approximate surface area is 202 Å². The van der Waals surface area contributed by atoms with Crippen molar-refractivity contribution < 1.29 is 19.0 Å². The van der Waals surface area contributed by atoms with Gasteiger partial charge in [-0.05, 0) is 70.9 Å². The fourth-order valence-corrected chi connectivity index (χ4v) is 5.14. The SMILES string of the molecule is CCOc1cc2c(cc1OC)C(c1ccc(C(=O)N(C(C)C)C(C)C)cc1)=N[C@@H]1CCOC[C@H]21. The first-order chi connectivity index (χ1) is 16.3. The molecule has 6 nitrogen and oxygen atoms in total. The fraction of sp³-hybridized carbons (Fsp3) is 0.500. The monoisotopic (exact) mass is 464 g/mol. The third-order valence-electron chi connectivity index (χ3n) is 6.66. The number of hydrogen-bond donors (Lipinski definition) is 0. The molecule has 34 heavy (non-hydrogen) atoms. The lowest BCUT2D eigenvalue weighted by molar-refractivity contribution is 0.0643. The van der Waals surface area contributed by atoms with E-state index in [-0.39, 0.29) is 30.0 Å². The number of methoxy groups -OCH3 is 1. The molecule has 0 aliphatic carbocycles. The van der Waals surface area contributed by atoms with Crippen LogP contribution in [0.15, 0.2) is 41.4 Å². The molecule has 0 saturated carbocycles. The molecular formula is C28H36N2O4. The van der Waals surface area contributed by atoms with Gasteiger partial charge in [0.25, 0.3) is 5.91 Å². The predicted octanol–water partition coefficient (Wildman–Crippen LogP) is 5.08. The van der Waals surface area contributed by atoms with Gasteiger partial charge in [-0.3, -0.25) is 9.79 Å². The van der Waals surface area contributed by atoms with Crippen LogP contribution in [-0.2, 0) is 4.74 Å². The first-order valence-electron chi connectivity index (χ1n) is 12.3. The number of nitrogens with zero attached hydrogens (tertiary/aromatic N) is 2. The predicted molar refractivity (Wildman–Crippen MR) is 135 cm³/mol. The molecule has 0 unspecified atom stereocenters. The second-order valence-corrected chi connectivity index (χ2v) is 9.52. The van der Waals surface area contributed by atoms with Crippen LogP contribution in [0.25, 0.3) is 0 Å². The highest BCUT2D eigenvalue weighted by atomic mass is 16.5. The summed E-state index contributed by atoms with van der Waals surface area (Å²) in [4.78, 5) is 20.2. The third kappa shape index (κ3) is 4.56. The van der Waals surface area contributed by atoms with E-state index in [4.69, 9.17) is 19.2 Å². The van der Waals surface area contributed by atoms with Gasteiger partial charge in [0.1, 0.15) is 0 Å². The first kappa shape index (κ1) is 24.3. The van der Waals surface area contributed by atoms with Crippen LogP contribution >= 0.6 is 0 Å². The van der Waals surface area contributed by atoms with Crippen LogP contribution in [0.4, 0.5) is 0 Å². The van der Waals surface area contributed by atoms with Gasteiger partial charge in [0.05, 0.1) is 32.1 Å². The zero-order chi connectivity index (χ0) is 24.4. The van der Waals surface area contributed by atoms with Crippen LogP contribution in [-0.4, -0.2) is 61.6 Å². The molecule has 2 atom stereocenters. The van der Waals surface area contributed by atoms with Gasteiger partial charge in [-0.2, -0.15) is 0 Å². The van der Waals surface area contributed by atoms with Crippen molar-refractivity contribution in [2.24, 2.45) is 4.99 Å². The number of ether oxygens (including phenoxy) is 3. The van der Waals surface area contributed by atoms with Crippen molar-refractivity contribution in [3.05, 3.63) is 58.7 Å². The summed E-state index contributed by atoms with van der Waals surface area (Å²) in [7, 11) is 1.66. The van der Waals surface area contributed by atoms with Crippen molar-refractivity contribution in [1.29, 1.82) is 0 Å². The Kier molecular flexibility index (Phi) is 7.27. The van der Waals surface area contributed by atoms with Crippen molar-refractivity contribution in [1.82, 2.24) is 4.90 Å². The lowest BCUT2D eigenvalue weighted by atomic mass is 9.80. The molecule has 4 rings (SSSR count). The summed E-state index contributed by atoms with van der Waals surface area (Å²) >= 11 is 0. The molecule has 1 amide bonds. The Bertz CT molecular complexity index is 1050. The number of benzene rings is 2. The number of amides is 1. The van der Waals surface area contributed by atoms with E-state index in [2.05, 4.69) is 6.07 Å². The third-order valence-corrected chi connectivity index (χ3v) is 6.66. The van der Waals surface area contributed by atoms with E-state index in [1.165, 1.54) is 5.56 Å². The lowest BCUT2D eigenvalue weighted by Gasteiger charge is -2.35. The quantitative estimate of drug-likeness (QED) is 0.574. The zero-order valence-electron chi connectivity index (χ0n) is 21.1. The molecule has 0 bridgehead atoms. The van der Waals surface area contributed by atoms with Gasteiger partial charge in [-0.25, -0.2) is 0 Å². The maximum Gasteiger partial charge on any atom is 0.254 e. The standard InChI is InChI=1S/C28H36N2O4/c1-7-34-26-14-21-22(15-25(26)32-6)27(29-24-12-13-33-16-23(21)24)19-8-10-20(11-9-19)28(31)30(17(2)3)18(4)5/h8-11,14-15,17-18,23-24H,7,12-13,16H2,1-6H3/t23-,24-/m1/s1. The first-order valence-corrected chi connectivity index (χ1v) is 12.3. The maximum absolute atomic E-state index is 13.1. The van der Waals surface area contributed by atoms with E-state index in [9.17, 15) is 4.79 Å². The number of carbonyl (C=O) groups excluding carboxylic acids is 1. The maximum atomic E-state index is 13.1. The fourth-order valence-electron chi connectivity index (χ4n) is 5.14. The number of aliphatic imine (C=N–C) groups is 1. The van der Waals surface area contributed by atoms with E-state index in [0.717, 1.165) is 35.6 Å². The van der Waals surface area contributed by atoms with E-state index < -0.39 is 0 Å². The summed E-state index contributed by atoms with van der Waals surface area (Å²) in [5.74, 6) is 1.69. The molecule has 6 heteroatoms. The highest BCUT2D eigenvalue weighted by Crippen LogP contribution is 2.42. The number of carbonyl (C=O) groups is 1. The molecule has 0 spiro atoms. The van der Waals surface area contributed by atoms with E-state index >= 15 is 0 Å². The Hall–Kier alpha value is -2.86. The van der Waals surface area contributed by atoms with Gasteiger partial charge >= 0.3 is 0 Å². The Morgan fingerprint density at radius 3 is 2.44 bits per heavy atom. The van der Waals surface area contributed by atoms with Crippen LogP contribution in [0.1, 0.15) is 74.0 Å². The molecule has 2 heterocycles. The molecule has 1 fully saturated rings. The van der Waals surface area contributed by atoms with Crippen LogP contribution in [0, 0.1) is 0 Å². The van der Waals surface area contributed by atoms with E-state index in [1.54, 1.807) is 7.11 Å². The summed E-state index contributed by atoms with van der Waals surface area (Å²) < 4.78 is 17.3. The summed E-state index contributed by atoms with van der Waals surface area (Å²) in [6.07, 6.45) is 0.887. The van der Waals surface area contributed by atoms with Crippen molar-refractivity contribution in [2.45, 2.75) is 65.1 Å². The van der Waals surface area contributed by atoms with Crippen LogP contribution in [0.5, 0.6) is 11.5 Å². The average Bonchev–Trinajstić information content (AvgIpc) is 2.83. The van der Waals surface area contributed by atoms with Gasteiger partial charge in [0.15, 0.2) is 11.5 Å². The minimum absolute atomic E-state index is 0.0510. The van der Waals surface area contributed by atoms with Crippen LogP contribution < -0.4 is 9.47 Å². The minimum Gasteiger partial charge on any atom is -0.493 e. The largest absolute Gasteiger partial charge is 0.493 e. The summed E-state index contributed by atoms with van der Waals surface area (Å²) in [6, 6.07) is 12.4. The lowest BCUT2D eigenvalue weighted by Crippen LogP contribution is -2.42. The molecule has 182 valence electrons. The van der Waals surface area contributed by atoms with Crippen LogP contribution in [0.2, 0.25) is 0 Å². The molecular weight excluding hydrogens is 428 g/mol. The summed E-state index contributed by atoms with van der Waals surface area (Å²) in [5, 5.41) is 0. The molecule has 1 saturated heterocycles. The van der Waals surface area contributed by atoms with Gasteiger partial charge in [0.2, 0.25) is 0 Å². The normalized spacial score (nSPS) is 19.4. The van der Waals surface area contributed by atoms with Gasteiger partial charge in [-0.1, -0.05) is 12.1 Å². The van der Waals surface area contributed by atoms with E-state index in [0.29, 0.717) is 24.5 Å². The highest BCUT2D eigenvalue weighted by Gasteiger charge is 2.35. The second kappa shape index (κ2) is 10.2. The van der Waals surface area contributed by atoms with Crippen molar-refractivity contribution in [2.75, 3.05) is 26.9 Å². The zero-order valence-corrected chi connectivity index (χ0v) is 21.1. The molecule has 0 aromatic heterocycles. The Balaban J connectivity index is 1.74. The molecule has 2 aromatic rings. The topological polar surface area (TPSA) is 60.4 Å².